The summed E-state index contributed by atoms with van der Waals surface area (Å²) in [6.45, 7) is 0. The Bertz CT molecular complexity index is 1210. The Hall–Kier alpha value is -3.37. The molecule has 0 atom stereocenters. The van der Waals surface area contributed by atoms with E-state index in [0.717, 1.165) is 16.2 Å². The van der Waals surface area contributed by atoms with Crippen LogP contribution in [0.2, 0.25) is 0 Å². The molecule has 1 aromatic carbocycles. The minimum Gasteiger partial charge on any atom is -0.464 e. The number of hydrogen-bond acceptors (Lipinski definition) is 7. The first kappa shape index (κ1) is 19.9. The summed E-state index contributed by atoms with van der Waals surface area (Å²) in [4.78, 5) is 30.6. The van der Waals surface area contributed by atoms with Crippen LogP contribution in [0, 0.1) is 5.82 Å². The highest BCUT2D eigenvalue weighted by Crippen LogP contribution is 2.34. The number of aromatic nitrogens is 3. The Morgan fingerprint density at radius 3 is 2.63 bits per heavy atom. The number of rotatable bonds is 5. The molecule has 152 valence electrons. The van der Waals surface area contributed by atoms with Crippen molar-refractivity contribution in [3.05, 3.63) is 65.0 Å². The summed E-state index contributed by atoms with van der Waals surface area (Å²) >= 11 is 2.63. The number of anilines is 1. The Morgan fingerprint density at radius 2 is 1.97 bits per heavy atom. The minimum atomic E-state index is -0.647. The molecule has 0 aliphatic heterocycles. The van der Waals surface area contributed by atoms with Gasteiger partial charge in [0, 0.05) is 7.05 Å². The average Bonchev–Trinajstić information content (AvgIpc) is 3.47. The van der Waals surface area contributed by atoms with Gasteiger partial charge < -0.3 is 4.74 Å². The highest BCUT2D eigenvalue weighted by atomic mass is 32.1. The van der Waals surface area contributed by atoms with Gasteiger partial charge >= 0.3 is 5.97 Å². The summed E-state index contributed by atoms with van der Waals surface area (Å²) in [5.41, 5.74) is 1.68. The molecule has 1 amide bonds. The van der Waals surface area contributed by atoms with Crippen molar-refractivity contribution >= 4 is 39.7 Å². The lowest BCUT2D eigenvalue weighted by atomic mass is 10.1. The van der Waals surface area contributed by atoms with E-state index in [1.807, 2.05) is 17.5 Å². The third-order valence-corrected chi connectivity index (χ3v) is 6.13. The largest absolute Gasteiger partial charge is 0.464 e. The molecule has 0 aliphatic rings. The van der Waals surface area contributed by atoms with Crippen molar-refractivity contribution < 1.29 is 18.7 Å². The van der Waals surface area contributed by atoms with Gasteiger partial charge in [0.15, 0.2) is 10.8 Å². The molecule has 0 aliphatic carbocycles. The molecule has 4 aromatic rings. The Kier molecular flexibility index (Phi) is 5.42. The number of esters is 1. The third-order valence-electron chi connectivity index (χ3n) is 4.22. The highest BCUT2D eigenvalue weighted by Gasteiger charge is 2.23. The van der Waals surface area contributed by atoms with E-state index in [0.29, 0.717) is 21.8 Å². The van der Waals surface area contributed by atoms with E-state index < -0.39 is 17.7 Å². The Morgan fingerprint density at radius 1 is 1.20 bits per heavy atom. The molecule has 3 heterocycles. The zero-order valence-electron chi connectivity index (χ0n) is 15.9. The monoisotopic (exact) mass is 442 g/mol. The maximum absolute atomic E-state index is 13.3. The van der Waals surface area contributed by atoms with Crippen LogP contribution in [-0.4, -0.2) is 33.8 Å². The van der Waals surface area contributed by atoms with Gasteiger partial charge in [-0.05, 0) is 35.2 Å². The van der Waals surface area contributed by atoms with Gasteiger partial charge in [-0.25, -0.2) is 14.2 Å². The second-order valence-corrected chi connectivity index (χ2v) is 8.11. The van der Waals surface area contributed by atoms with E-state index in [-0.39, 0.29) is 10.8 Å². The number of nitrogens with one attached hydrogen (secondary N) is 1. The molecule has 7 nitrogen and oxygen atoms in total. The van der Waals surface area contributed by atoms with E-state index in [4.69, 9.17) is 4.74 Å². The zero-order chi connectivity index (χ0) is 21.3. The molecule has 0 fully saturated rings. The van der Waals surface area contributed by atoms with Crippen LogP contribution in [0.1, 0.15) is 21.0 Å². The van der Waals surface area contributed by atoms with Crippen LogP contribution in [0.25, 0.3) is 21.0 Å². The van der Waals surface area contributed by atoms with Crippen LogP contribution >= 0.6 is 22.7 Å². The molecule has 0 bridgehead atoms. The molecular formula is C20H15FN4O3S2. The molecule has 0 unspecified atom stereocenters. The number of benzene rings is 1. The Labute approximate surface area is 178 Å². The van der Waals surface area contributed by atoms with Crippen molar-refractivity contribution in [2.75, 3.05) is 12.4 Å². The molecule has 1 N–H and O–H groups in total. The first-order valence-electron chi connectivity index (χ1n) is 8.70. The van der Waals surface area contributed by atoms with Crippen molar-refractivity contribution in [2.45, 2.75) is 0 Å². The van der Waals surface area contributed by atoms with Gasteiger partial charge in [0.25, 0.3) is 5.91 Å². The van der Waals surface area contributed by atoms with Gasteiger partial charge in [-0.1, -0.05) is 29.5 Å². The summed E-state index contributed by atoms with van der Waals surface area (Å²) in [5, 5.41) is 9.24. The fourth-order valence-electron chi connectivity index (χ4n) is 2.79. The van der Waals surface area contributed by atoms with Crippen LogP contribution < -0.4 is 5.32 Å². The molecule has 0 saturated carbocycles. The average molecular weight is 442 g/mol. The quantitative estimate of drug-likeness (QED) is 0.462. The first-order chi connectivity index (χ1) is 14.5. The molecule has 4 rings (SSSR count). The number of amides is 1. The van der Waals surface area contributed by atoms with E-state index in [9.17, 15) is 14.0 Å². The normalized spacial score (nSPS) is 10.8. The fourth-order valence-corrected chi connectivity index (χ4v) is 4.43. The summed E-state index contributed by atoms with van der Waals surface area (Å²) < 4.78 is 19.5. The lowest BCUT2D eigenvalue weighted by Gasteiger charge is -2.01. The van der Waals surface area contributed by atoms with Crippen LogP contribution in [0.5, 0.6) is 0 Å². The lowest BCUT2D eigenvalue weighted by Crippen LogP contribution is -2.16. The van der Waals surface area contributed by atoms with Gasteiger partial charge in [0.2, 0.25) is 0 Å². The topological polar surface area (TPSA) is 86.1 Å². The zero-order valence-corrected chi connectivity index (χ0v) is 17.5. The smallest absolute Gasteiger partial charge is 0.358 e. The summed E-state index contributed by atoms with van der Waals surface area (Å²) in [6.07, 6.45) is 0. The van der Waals surface area contributed by atoms with Crippen LogP contribution in [0.3, 0.4) is 0 Å². The molecule has 3 aromatic heterocycles. The standard InChI is InChI=1S/C20H15FN4O3S2/c1-25-14(10-13(24-25)15-4-3-9-29-15)18(26)23-20-22-16(19(27)28-2)17(30-20)11-5-7-12(21)8-6-11/h3-10H,1-2H3,(H,22,23,26). The van der Waals surface area contributed by atoms with E-state index in [1.165, 1.54) is 47.4 Å². The molecule has 10 heteroatoms. The molecule has 0 radical (unpaired) electrons. The van der Waals surface area contributed by atoms with Crippen LogP contribution in [-0.2, 0) is 11.8 Å². The van der Waals surface area contributed by atoms with E-state index >= 15 is 0 Å². The summed E-state index contributed by atoms with van der Waals surface area (Å²) in [5.74, 6) is -1.45. The number of carbonyl (C=O) groups excluding carboxylic acids is 2. The maximum atomic E-state index is 13.3. The maximum Gasteiger partial charge on any atom is 0.358 e. The molecule has 0 spiro atoms. The fraction of sp³-hybridized carbons (Fsp3) is 0.100. The molecular weight excluding hydrogens is 427 g/mol. The van der Waals surface area contributed by atoms with Gasteiger partial charge in [0.1, 0.15) is 17.2 Å². The lowest BCUT2D eigenvalue weighted by molar-refractivity contribution is 0.0595. The predicted molar refractivity (Wildman–Crippen MR) is 113 cm³/mol. The van der Waals surface area contributed by atoms with Crippen LogP contribution in [0.15, 0.2) is 47.8 Å². The molecule has 0 saturated heterocycles. The number of carbonyl (C=O) groups is 2. The first-order valence-corrected chi connectivity index (χ1v) is 10.4. The number of ether oxygens (including phenoxy) is 1. The van der Waals surface area contributed by atoms with Crippen molar-refractivity contribution in [2.24, 2.45) is 7.05 Å². The van der Waals surface area contributed by atoms with E-state index in [1.54, 1.807) is 13.1 Å². The van der Waals surface area contributed by atoms with E-state index in [2.05, 4.69) is 15.4 Å². The second kappa shape index (κ2) is 8.17. The summed E-state index contributed by atoms with van der Waals surface area (Å²) in [6, 6.07) is 11.2. The van der Waals surface area contributed by atoms with Gasteiger partial charge in [0.05, 0.1) is 16.9 Å². The predicted octanol–water partition coefficient (Wildman–Crippen LogP) is 4.45. The second-order valence-electron chi connectivity index (χ2n) is 6.17. The Balaban J connectivity index is 1.64. The van der Waals surface area contributed by atoms with Gasteiger partial charge in [-0.2, -0.15) is 5.10 Å². The number of aryl methyl sites for hydroxylation is 1. The summed E-state index contributed by atoms with van der Waals surface area (Å²) in [7, 11) is 2.92. The van der Waals surface area contributed by atoms with Crippen molar-refractivity contribution in [3.8, 4) is 21.0 Å². The van der Waals surface area contributed by atoms with Gasteiger partial charge in [-0.15, -0.1) is 11.3 Å². The number of hydrogen-bond donors (Lipinski definition) is 1. The minimum absolute atomic E-state index is 0.0497. The third kappa shape index (κ3) is 3.87. The SMILES string of the molecule is COC(=O)c1nc(NC(=O)c2cc(-c3cccs3)nn2C)sc1-c1ccc(F)cc1. The number of nitrogens with zero attached hydrogens (tertiary/aromatic N) is 3. The van der Waals surface area contributed by atoms with Crippen molar-refractivity contribution in [1.29, 1.82) is 0 Å². The number of methoxy groups -OCH3 is 1. The van der Waals surface area contributed by atoms with Crippen LogP contribution in [0.4, 0.5) is 9.52 Å². The molecule has 30 heavy (non-hydrogen) atoms. The van der Waals surface area contributed by atoms with Gasteiger partial charge in [-0.3, -0.25) is 14.8 Å². The number of thiazole rings is 1. The number of halogens is 1. The highest BCUT2D eigenvalue weighted by molar-refractivity contribution is 7.19. The van der Waals surface area contributed by atoms with Crippen molar-refractivity contribution in [3.63, 3.8) is 0 Å². The number of thiophene rings is 1. The van der Waals surface area contributed by atoms with Crippen molar-refractivity contribution in [1.82, 2.24) is 14.8 Å².